The van der Waals surface area contributed by atoms with E-state index in [2.05, 4.69) is 15.3 Å². The highest BCUT2D eigenvalue weighted by Gasteiger charge is 2.11. The van der Waals surface area contributed by atoms with Crippen LogP contribution in [0.4, 0.5) is 0 Å². The predicted octanol–water partition coefficient (Wildman–Crippen LogP) is 3.19. The lowest BCUT2D eigenvalue weighted by atomic mass is 10.1. The Morgan fingerprint density at radius 2 is 2.21 bits per heavy atom. The van der Waals surface area contributed by atoms with Gasteiger partial charge in [-0.25, -0.2) is 4.98 Å². The van der Waals surface area contributed by atoms with Crippen LogP contribution in [0.2, 0.25) is 0 Å². The fraction of sp³-hybridized carbons (Fsp3) is 0.167. The van der Waals surface area contributed by atoms with Crippen LogP contribution in [0.1, 0.15) is 16.1 Å². The smallest absolute Gasteiger partial charge is 0.270 e. The summed E-state index contributed by atoms with van der Waals surface area (Å²) in [5.74, 6) is 0.656. The van der Waals surface area contributed by atoms with Crippen molar-refractivity contribution in [3.8, 4) is 16.3 Å². The van der Waals surface area contributed by atoms with E-state index >= 15 is 0 Å². The molecular weight excluding hydrogens is 322 g/mol. The Morgan fingerprint density at radius 1 is 1.29 bits per heavy atom. The average Bonchev–Trinajstić information content (AvgIpc) is 3.13. The number of amides is 1. The molecule has 1 aromatic carbocycles. The van der Waals surface area contributed by atoms with E-state index in [0.29, 0.717) is 12.2 Å². The van der Waals surface area contributed by atoms with Gasteiger partial charge in [0.15, 0.2) is 0 Å². The normalized spacial score (nSPS) is 10.4. The molecule has 24 heavy (non-hydrogen) atoms. The van der Waals surface area contributed by atoms with E-state index in [0.717, 1.165) is 28.3 Å². The number of nitrogens with one attached hydrogen (secondary N) is 1. The van der Waals surface area contributed by atoms with Gasteiger partial charge < -0.3 is 10.1 Å². The van der Waals surface area contributed by atoms with E-state index in [1.165, 1.54) is 11.3 Å². The molecule has 0 spiro atoms. The third-order valence-electron chi connectivity index (χ3n) is 3.48. The van der Waals surface area contributed by atoms with Gasteiger partial charge in [-0.1, -0.05) is 12.1 Å². The molecule has 0 saturated carbocycles. The van der Waals surface area contributed by atoms with Gasteiger partial charge in [-0.05, 0) is 36.2 Å². The molecule has 1 N–H and O–H groups in total. The van der Waals surface area contributed by atoms with Gasteiger partial charge >= 0.3 is 0 Å². The van der Waals surface area contributed by atoms with Gasteiger partial charge in [0.05, 0.1) is 7.11 Å². The number of carbonyl (C=O) groups excluding carboxylic acids is 1. The molecule has 122 valence electrons. The fourth-order valence-corrected chi connectivity index (χ4v) is 3.03. The number of thiazole rings is 1. The minimum absolute atomic E-state index is 0.163. The Balaban J connectivity index is 1.56. The van der Waals surface area contributed by atoms with Crippen LogP contribution >= 0.6 is 11.3 Å². The number of aromatic nitrogens is 2. The van der Waals surface area contributed by atoms with Crippen molar-refractivity contribution in [3.05, 3.63) is 65.4 Å². The van der Waals surface area contributed by atoms with Gasteiger partial charge in [0.1, 0.15) is 16.5 Å². The first kappa shape index (κ1) is 16.1. The van der Waals surface area contributed by atoms with Crippen molar-refractivity contribution in [2.24, 2.45) is 0 Å². The highest BCUT2D eigenvalue weighted by molar-refractivity contribution is 7.13. The van der Waals surface area contributed by atoms with E-state index < -0.39 is 0 Å². The molecule has 2 heterocycles. The molecule has 1 amide bonds. The lowest BCUT2D eigenvalue weighted by Gasteiger charge is -2.05. The first-order chi connectivity index (χ1) is 11.8. The summed E-state index contributed by atoms with van der Waals surface area (Å²) in [5, 5.41) is 5.46. The first-order valence-electron chi connectivity index (χ1n) is 7.53. The second kappa shape index (κ2) is 7.70. The van der Waals surface area contributed by atoms with Crippen molar-refractivity contribution < 1.29 is 9.53 Å². The van der Waals surface area contributed by atoms with Gasteiger partial charge in [0, 0.05) is 29.9 Å². The third kappa shape index (κ3) is 3.97. The first-order valence-corrected chi connectivity index (χ1v) is 8.41. The van der Waals surface area contributed by atoms with E-state index in [4.69, 9.17) is 4.74 Å². The summed E-state index contributed by atoms with van der Waals surface area (Å²) >= 11 is 1.44. The van der Waals surface area contributed by atoms with E-state index in [1.54, 1.807) is 24.9 Å². The monoisotopic (exact) mass is 339 g/mol. The lowest BCUT2D eigenvalue weighted by Crippen LogP contribution is -2.25. The molecule has 0 fully saturated rings. The SMILES string of the molecule is COc1cccc(CCNC(=O)c2csc(-c3cccnc3)n2)c1. The maximum atomic E-state index is 12.2. The van der Waals surface area contributed by atoms with Gasteiger partial charge in [-0.3, -0.25) is 9.78 Å². The van der Waals surface area contributed by atoms with Crippen molar-refractivity contribution in [2.45, 2.75) is 6.42 Å². The standard InChI is InChI=1S/C18H17N3O2S/c1-23-15-6-2-4-13(10-15)7-9-20-17(22)16-12-24-18(21-16)14-5-3-8-19-11-14/h2-6,8,10-12H,7,9H2,1H3,(H,20,22). The summed E-state index contributed by atoms with van der Waals surface area (Å²) in [6, 6.07) is 11.6. The fourth-order valence-electron chi connectivity index (χ4n) is 2.24. The molecule has 0 aliphatic rings. The van der Waals surface area contributed by atoms with Crippen molar-refractivity contribution in [1.82, 2.24) is 15.3 Å². The highest BCUT2D eigenvalue weighted by atomic mass is 32.1. The van der Waals surface area contributed by atoms with Crippen LogP contribution in [0.3, 0.4) is 0 Å². The molecule has 0 aliphatic heterocycles. The minimum atomic E-state index is -0.163. The minimum Gasteiger partial charge on any atom is -0.497 e. The predicted molar refractivity (Wildman–Crippen MR) is 94.4 cm³/mol. The topological polar surface area (TPSA) is 64.1 Å². The van der Waals surface area contributed by atoms with Crippen LogP contribution in [0.25, 0.3) is 10.6 Å². The van der Waals surface area contributed by atoms with E-state index in [9.17, 15) is 4.79 Å². The van der Waals surface area contributed by atoms with Crippen molar-refractivity contribution >= 4 is 17.2 Å². The van der Waals surface area contributed by atoms with Crippen molar-refractivity contribution in [1.29, 1.82) is 0 Å². The zero-order chi connectivity index (χ0) is 16.8. The summed E-state index contributed by atoms with van der Waals surface area (Å²) in [4.78, 5) is 20.6. The molecular formula is C18H17N3O2S. The molecule has 2 aromatic heterocycles. The average molecular weight is 339 g/mol. The van der Waals surface area contributed by atoms with Gasteiger partial charge in [-0.15, -0.1) is 11.3 Å². The van der Waals surface area contributed by atoms with Gasteiger partial charge in [0.25, 0.3) is 5.91 Å². The summed E-state index contributed by atoms with van der Waals surface area (Å²) < 4.78 is 5.20. The maximum Gasteiger partial charge on any atom is 0.270 e. The number of methoxy groups -OCH3 is 1. The Bertz CT molecular complexity index is 818. The number of hydrogen-bond acceptors (Lipinski definition) is 5. The van der Waals surface area contributed by atoms with Crippen LogP contribution in [-0.4, -0.2) is 29.5 Å². The zero-order valence-electron chi connectivity index (χ0n) is 13.2. The molecule has 5 nitrogen and oxygen atoms in total. The van der Waals surface area contributed by atoms with Gasteiger partial charge in [0.2, 0.25) is 0 Å². The van der Waals surface area contributed by atoms with Crippen LogP contribution in [-0.2, 0) is 6.42 Å². The Kier molecular flexibility index (Phi) is 5.18. The Hall–Kier alpha value is -2.73. The molecule has 3 aromatic rings. The zero-order valence-corrected chi connectivity index (χ0v) is 14.0. The van der Waals surface area contributed by atoms with Crippen molar-refractivity contribution in [3.63, 3.8) is 0 Å². The molecule has 0 radical (unpaired) electrons. The Labute approximate surface area is 144 Å². The largest absolute Gasteiger partial charge is 0.497 e. The Morgan fingerprint density at radius 3 is 3.00 bits per heavy atom. The summed E-state index contributed by atoms with van der Waals surface area (Å²) in [5.41, 5.74) is 2.46. The molecule has 6 heteroatoms. The van der Waals surface area contributed by atoms with Crippen molar-refractivity contribution in [2.75, 3.05) is 13.7 Å². The highest BCUT2D eigenvalue weighted by Crippen LogP contribution is 2.22. The lowest BCUT2D eigenvalue weighted by molar-refractivity contribution is 0.0950. The second-order valence-electron chi connectivity index (χ2n) is 5.14. The number of pyridine rings is 1. The molecule has 0 unspecified atom stereocenters. The number of rotatable bonds is 6. The quantitative estimate of drug-likeness (QED) is 0.749. The molecule has 0 aliphatic carbocycles. The van der Waals surface area contributed by atoms with Crippen LogP contribution in [0, 0.1) is 0 Å². The number of ether oxygens (including phenoxy) is 1. The summed E-state index contributed by atoms with van der Waals surface area (Å²) in [7, 11) is 1.64. The number of hydrogen-bond donors (Lipinski definition) is 1. The van der Waals surface area contributed by atoms with E-state index in [-0.39, 0.29) is 5.91 Å². The molecule has 0 atom stereocenters. The second-order valence-corrected chi connectivity index (χ2v) is 6.00. The molecule has 0 saturated heterocycles. The number of nitrogens with zero attached hydrogens (tertiary/aromatic N) is 2. The van der Waals surface area contributed by atoms with Crippen LogP contribution < -0.4 is 10.1 Å². The summed E-state index contributed by atoms with van der Waals surface area (Å²) in [6.45, 7) is 0.547. The van der Waals surface area contributed by atoms with Crippen LogP contribution in [0.15, 0.2) is 54.2 Å². The van der Waals surface area contributed by atoms with E-state index in [1.807, 2.05) is 36.4 Å². The third-order valence-corrected chi connectivity index (χ3v) is 4.37. The molecule has 0 bridgehead atoms. The van der Waals surface area contributed by atoms with Gasteiger partial charge in [-0.2, -0.15) is 0 Å². The molecule has 3 rings (SSSR count). The summed E-state index contributed by atoms with van der Waals surface area (Å²) in [6.07, 6.45) is 4.19. The maximum absolute atomic E-state index is 12.2. The number of benzene rings is 1. The number of carbonyl (C=O) groups is 1. The van der Waals surface area contributed by atoms with Crippen LogP contribution in [0.5, 0.6) is 5.75 Å².